The Balaban J connectivity index is 2.69. The normalized spacial score (nSPS) is 9.62. The van der Waals surface area contributed by atoms with Gasteiger partial charge in [-0.25, -0.2) is 4.79 Å². The van der Waals surface area contributed by atoms with E-state index in [9.17, 15) is 9.59 Å². The van der Waals surface area contributed by atoms with Crippen molar-refractivity contribution in [2.75, 3.05) is 5.32 Å². The maximum Gasteiger partial charge on any atom is 0.353 e. The van der Waals surface area contributed by atoms with Gasteiger partial charge >= 0.3 is 5.97 Å². The molecule has 0 atom stereocenters. The summed E-state index contributed by atoms with van der Waals surface area (Å²) in [6, 6.07) is 1.26. The van der Waals surface area contributed by atoms with Gasteiger partial charge in [-0.05, 0) is 0 Å². The van der Waals surface area contributed by atoms with E-state index in [0.29, 0.717) is 6.42 Å². The molecule has 6 heteroatoms. The Morgan fingerprint density at radius 2 is 2.38 bits per heavy atom. The number of rotatable bonds is 3. The highest BCUT2D eigenvalue weighted by atomic mass is 16.4. The maximum absolute atomic E-state index is 10.8. The highest BCUT2D eigenvalue weighted by Gasteiger charge is 2.08. The Bertz CT molecular complexity index is 331. The van der Waals surface area contributed by atoms with Gasteiger partial charge in [-0.1, -0.05) is 6.92 Å². The van der Waals surface area contributed by atoms with Gasteiger partial charge in [0, 0.05) is 12.5 Å². The molecule has 0 aliphatic carbocycles. The largest absolute Gasteiger partial charge is 0.477 e. The number of nitrogens with one attached hydrogen (secondary N) is 2. The average Bonchev–Trinajstić information content (AvgIpc) is 2.52. The minimum absolute atomic E-state index is 0.0496. The number of carbonyl (C=O) groups is 2. The molecule has 70 valence electrons. The van der Waals surface area contributed by atoms with Crippen LogP contribution in [0.4, 0.5) is 5.82 Å². The number of anilines is 1. The van der Waals surface area contributed by atoms with Crippen LogP contribution in [-0.2, 0) is 4.79 Å². The first kappa shape index (κ1) is 9.24. The van der Waals surface area contributed by atoms with Crippen LogP contribution in [0.3, 0.4) is 0 Å². The fourth-order valence-corrected chi connectivity index (χ4v) is 0.727. The fourth-order valence-electron chi connectivity index (χ4n) is 0.727. The topological polar surface area (TPSA) is 95.1 Å². The van der Waals surface area contributed by atoms with E-state index in [-0.39, 0.29) is 17.4 Å². The van der Waals surface area contributed by atoms with E-state index in [1.54, 1.807) is 6.92 Å². The molecule has 1 aromatic heterocycles. The van der Waals surface area contributed by atoms with Crippen molar-refractivity contribution in [2.24, 2.45) is 0 Å². The molecule has 0 bridgehead atoms. The van der Waals surface area contributed by atoms with E-state index >= 15 is 0 Å². The van der Waals surface area contributed by atoms with Crippen LogP contribution in [-0.4, -0.2) is 27.2 Å². The number of aromatic nitrogens is 2. The molecule has 6 nitrogen and oxygen atoms in total. The first-order valence-corrected chi connectivity index (χ1v) is 3.72. The number of aromatic carboxylic acids is 1. The second-order valence-corrected chi connectivity index (χ2v) is 2.37. The van der Waals surface area contributed by atoms with Crippen molar-refractivity contribution >= 4 is 17.7 Å². The van der Waals surface area contributed by atoms with Crippen molar-refractivity contribution in [1.82, 2.24) is 10.2 Å². The monoisotopic (exact) mass is 183 g/mol. The average molecular weight is 183 g/mol. The highest BCUT2D eigenvalue weighted by Crippen LogP contribution is 2.05. The number of carboxylic acid groups (broad SMARTS) is 1. The molecule has 1 rings (SSSR count). The maximum atomic E-state index is 10.8. The number of H-pyrrole nitrogens is 1. The summed E-state index contributed by atoms with van der Waals surface area (Å²) in [7, 11) is 0. The van der Waals surface area contributed by atoms with E-state index in [2.05, 4.69) is 15.5 Å². The van der Waals surface area contributed by atoms with Crippen molar-refractivity contribution in [3.63, 3.8) is 0 Å². The highest BCUT2D eigenvalue weighted by molar-refractivity contribution is 5.91. The minimum atomic E-state index is -1.11. The zero-order valence-electron chi connectivity index (χ0n) is 7.00. The lowest BCUT2D eigenvalue weighted by molar-refractivity contribution is -0.115. The molecule has 1 amide bonds. The summed E-state index contributed by atoms with van der Waals surface area (Å²) < 4.78 is 0. The van der Waals surface area contributed by atoms with Crippen molar-refractivity contribution in [2.45, 2.75) is 13.3 Å². The lowest BCUT2D eigenvalue weighted by atomic mass is 10.4. The third-order valence-electron chi connectivity index (χ3n) is 1.40. The number of nitrogens with zero attached hydrogens (tertiary/aromatic N) is 1. The van der Waals surface area contributed by atoms with E-state index in [4.69, 9.17) is 5.11 Å². The molecule has 0 saturated carbocycles. The molecule has 0 unspecified atom stereocenters. The SMILES string of the molecule is CCC(=O)Nc1cc(C(=O)O)[nH]n1. The van der Waals surface area contributed by atoms with Crippen LogP contribution in [0.25, 0.3) is 0 Å². The summed E-state index contributed by atoms with van der Waals surface area (Å²) in [5.74, 6) is -1.09. The van der Waals surface area contributed by atoms with Gasteiger partial charge in [0.2, 0.25) is 5.91 Å². The number of aromatic amines is 1. The predicted molar refractivity (Wildman–Crippen MR) is 44.5 cm³/mol. The van der Waals surface area contributed by atoms with E-state index in [1.807, 2.05) is 0 Å². The van der Waals surface area contributed by atoms with Gasteiger partial charge < -0.3 is 10.4 Å². The number of hydrogen-bond donors (Lipinski definition) is 3. The standard InChI is InChI=1S/C7H9N3O3/c1-2-6(11)8-5-3-4(7(12)13)9-10-5/h3H,2H2,1H3,(H,12,13)(H2,8,9,10,11). The molecule has 13 heavy (non-hydrogen) atoms. The van der Waals surface area contributed by atoms with Gasteiger partial charge in [-0.2, -0.15) is 5.10 Å². The molecular weight excluding hydrogens is 174 g/mol. The Hall–Kier alpha value is -1.85. The van der Waals surface area contributed by atoms with Crippen LogP contribution in [0.1, 0.15) is 23.8 Å². The number of carboxylic acids is 1. The van der Waals surface area contributed by atoms with Gasteiger partial charge in [-0.15, -0.1) is 0 Å². The second kappa shape index (κ2) is 3.70. The molecule has 0 fully saturated rings. The molecule has 1 aromatic rings. The Morgan fingerprint density at radius 1 is 1.69 bits per heavy atom. The number of hydrogen-bond acceptors (Lipinski definition) is 3. The predicted octanol–water partition coefficient (Wildman–Crippen LogP) is 0.456. The van der Waals surface area contributed by atoms with Crippen molar-refractivity contribution < 1.29 is 14.7 Å². The molecular formula is C7H9N3O3. The van der Waals surface area contributed by atoms with Crippen molar-refractivity contribution in [1.29, 1.82) is 0 Å². The molecule has 0 aromatic carbocycles. The van der Waals surface area contributed by atoms with E-state index < -0.39 is 5.97 Å². The van der Waals surface area contributed by atoms with Gasteiger partial charge in [-0.3, -0.25) is 9.89 Å². The van der Waals surface area contributed by atoms with Gasteiger partial charge in [0.05, 0.1) is 0 Å². The molecule has 0 saturated heterocycles. The summed E-state index contributed by atoms with van der Waals surface area (Å²) in [4.78, 5) is 21.2. The molecule has 0 aliphatic heterocycles. The third kappa shape index (κ3) is 2.29. The van der Waals surface area contributed by atoms with Crippen molar-refractivity contribution in [3.8, 4) is 0 Å². The quantitative estimate of drug-likeness (QED) is 0.634. The van der Waals surface area contributed by atoms with Crippen LogP contribution >= 0.6 is 0 Å². The Labute approximate surface area is 74.0 Å². The van der Waals surface area contributed by atoms with Gasteiger partial charge in [0.25, 0.3) is 0 Å². The molecule has 0 spiro atoms. The molecule has 1 heterocycles. The van der Waals surface area contributed by atoms with E-state index in [0.717, 1.165) is 0 Å². The van der Waals surface area contributed by atoms with E-state index in [1.165, 1.54) is 6.07 Å². The van der Waals surface area contributed by atoms with Crippen LogP contribution in [0.5, 0.6) is 0 Å². The molecule has 3 N–H and O–H groups in total. The molecule has 0 radical (unpaired) electrons. The minimum Gasteiger partial charge on any atom is -0.477 e. The fraction of sp³-hybridized carbons (Fsp3) is 0.286. The lowest BCUT2D eigenvalue weighted by Crippen LogP contribution is -2.09. The van der Waals surface area contributed by atoms with Crippen LogP contribution in [0.15, 0.2) is 6.07 Å². The van der Waals surface area contributed by atoms with Gasteiger partial charge in [0.15, 0.2) is 5.82 Å². The zero-order valence-corrected chi connectivity index (χ0v) is 7.00. The van der Waals surface area contributed by atoms with Crippen LogP contribution < -0.4 is 5.32 Å². The van der Waals surface area contributed by atoms with Crippen LogP contribution in [0, 0.1) is 0 Å². The van der Waals surface area contributed by atoms with Gasteiger partial charge in [0.1, 0.15) is 5.69 Å². The first-order valence-electron chi connectivity index (χ1n) is 3.72. The summed E-state index contributed by atoms with van der Waals surface area (Å²) in [6.07, 6.45) is 0.329. The summed E-state index contributed by atoms with van der Waals surface area (Å²) >= 11 is 0. The number of amides is 1. The Morgan fingerprint density at radius 3 is 2.85 bits per heavy atom. The Kier molecular flexibility index (Phi) is 2.63. The summed E-state index contributed by atoms with van der Waals surface area (Å²) in [5, 5.41) is 16.8. The van der Waals surface area contributed by atoms with Crippen LogP contribution in [0.2, 0.25) is 0 Å². The van der Waals surface area contributed by atoms with Crippen molar-refractivity contribution in [3.05, 3.63) is 11.8 Å². The molecule has 0 aliphatic rings. The lowest BCUT2D eigenvalue weighted by Gasteiger charge is -1.95. The summed E-state index contributed by atoms with van der Waals surface area (Å²) in [6.45, 7) is 1.69. The summed E-state index contributed by atoms with van der Waals surface area (Å²) in [5.41, 5.74) is -0.0496. The smallest absolute Gasteiger partial charge is 0.353 e. The second-order valence-electron chi connectivity index (χ2n) is 2.37. The number of carbonyl (C=O) groups excluding carboxylic acids is 1. The zero-order chi connectivity index (χ0) is 9.84. The third-order valence-corrected chi connectivity index (χ3v) is 1.40. The first-order chi connectivity index (χ1) is 6.13.